The molecule has 8 nitrogen and oxygen atoms in total. The Kier molecular flexibility index (Phi) is 8.41. The zero-order valence-electron chi connectivity index (χ0n) is 22.8. The molecule has 202 valence electrons. The molecule has 1 aliphatic rings. The third kappa shape index (κ3) is 6.72. The highest BCUT2D eigenvalue weighted by Gasteiger charge is 2.38. The number of rotatable bonds is 7. The Morgan fingerprint density at radius 1 is 1.13 bits per heavy atom. The van der Waals surface area contributed by atoms with Crippen molar-refractivity contribution in [1.82, 2.24) is 19.9 Å². The number of ether oxygens (including phenoxy) is 3. The highest BCUT2D eigenvalue weighted by atomic mass is 35.5. The molecule has 2 unspecified atom stereocenters. The fraction of sp³-hybridized carbons (Fsp3) is 0.448. The molecule has 38 heavy (non-hydrogen) atoms. The van der Waals surface area contributed by atoms with E-state index in [0.29, 0.717) is 40.2 Å². The molecule has 3 aromatic rings. The van der Waals surface area contributed by atoms with Gasteiger partial charge in [-0.15, -0.1) is 0 Å². The summed E-state index contributed by atoms with van der Waals surface area (Å²) in [6, 6.07) is 11.2. The number of aromatic nitrogens is 3. The van der Waals surface area contributed by atoms with Gasteiger partial charge >= 0.3 is 6.09 Å². The highest BCUT2D eigenvalue weighted by molar-refractivity contribution is 6.30. The number of hydrogen-bond acceptors (Lipinski definition) is 7. The summed E-state index contributed by atoms with van der Waals surface area (Å²) in [4.78, 5) is 27.9. The molecule has 0 radical (unpaired) electrons. The van der Waals surface area contributed by atoms with Crippen molar-refractivity contribution >= 4 is 17.7 Å². The SMILES string of the molecule is Cc1c(Oc2cccnc2-c2cccc(Cl)c2)ncnc1O[C@@H](C)CC1CCC(C)N1C(=O)OC(C)(C)C. The molecular weight excluding hydrogens is 504 g/mol. The van der Waals surface area contributed by atoms with Crippen LogP contribution in [0.15, 0.2) is 48.9 Å². The molecule has 4 rings (SSSR count). The number of pyridine rings is 1. The lowest BCUT2D eigenvalue weighted by molar-refractivity contribution is 0.0124. The number of nitrogens with zero attached hydrogens (tertiary/aromatic N) is 4. The Bertz CT molecular complexity index is 1280. The molecule has 0 bridgehead atoms. The summed E-state index contributed by atoms with van der Waals surface area (Å²) < 4.78 is 18.1. The second-order valence-electron chi connectivity index (χ2n) is 10.7. The molecule has 1 fully saturated rings. The minimum atomic E-state index is -0.540. The zero-order valence-corrected chi connectivity index (χ0v) is 23.5. The molecule has 1 aromatic carbocycles. The van der Waals surface area contributed by atoms with Gasteiger partial charge in [-0.25, -0.2) is 14.8 Å². The van der Waals surface area contributed by atoms with Crippen molar-refractivity contribution in [3.05, 3.63) is 59.5 Å². The topological polar surface area (TPSA) is 86.7 Å². The number of likely N-dealkylation sites (tertiary alicyclic amines) is 1. The van der Waals surface area contributed by atoms with Crippen molar-refractivity contribution < 1.29 is 19.0 Å². The third-order valence-corrected chi connectivity index (χ3v) is 6.61. The lowest BCUT2D eigenvalue weighted by atomic mass is 10.1. The maximum Gasteiger partial charge on any atom is 0.410 e. The Labute approximate surface area is 229 Å². The molecule has 3 heterocycles. The molecule has 2 aromatic heterocycles. The molecule has 3 atom stereocenters. The van der Waals surface area contributed by atoms with Gasteiger partial charge in [-0.3, -0.25) is 4.98 Å². The van der Waals surface area contributed by atoms with E-state index in [1.54, 1.807) is 12.3 Å². The second-order valence-corrected chi connectivity index (χ2v) is 11.1. The van der Waals surface area contributed by atoms with Gasteiger partial charge in [0, 0.05) is 35.3 Å². The highest BCUT2D eigenvalue weighted by Crippen LogP contribution is 2.35. The molecule has 0 N–H and O–H groups in total. The third-order valence-electron chi connectivity index (χ3n) is 6.37. The van der Waals surface area contributed by atoms with Gasteiger partial charge in [-0.1, -0.05) is 23.7 Å². The minimum absolute atomic E-state index is 0.0309. The van der Waals surface area contributed by atoms with Gasteiger partial charge in [-0.05, 0) is 78.6 Å². The van der Waals surface area contributed by atoms with Crippen LogP contribution in [-0.2, 0) is 4.74 Å². The largest absolute Gasteiger partial charge is 0.474 e. The van der Waals surface area contributed by atoms with E-state index in [1.165, 1.54) is 6.33 Å². The van der Waals surface area contributed by atoms with E-state index >= 15 is 0 Å². The fourth-order valence-electron chi connectivity index (χ4n) is 4.64. The van der Waals surface area contributed by atoms with Gasteiger partial charge in [0.15, 0.2) is 5.75 Å². The van der Waals surface area contributed by atoms with Gasteiger partial charge in [0.1, 0.15) is 17.6 Å². The van der Waals surface area contributed by atoms with E-state index in [9.17, 15) is 4.79 Å². The molecule has 1 saturated heterocycles. The van der Waals surface area contributed by atoms with Crippen LogP contribution in [-0.4, -0.2) is 49.7 Å². The quantitative estimate of drug-likeness (QED) is 0.313. The van der Waals surface area contributed by atoms with Crippen molar-refractivity contribution in [2.45, 2.75) is 84.6 Å². The van der Waals surface area contributed by atoms with Crippen LogP contribution in [0.4, 0.5) is 4.79 Å². The zero-order chi connectivity index (χ0) is 27.4. The van der Waals surface area contributed by atoms with Crippen LogP contribution in [0.1, 0.15) is 59.4 Å². The summed E-state index contributed by atoms with van der Waals surface area (Å²) in [7, 11) is 0. The number of carbonyl (C=O) groups excluding carboxylic acids is 1. The summed E-state index contributed by atoms with van der Waals surface area (Å²) in [6.07, 6.45) is 5.14. The predicted octanol–water partition coefficient (Wildman–Crippen LogP) is 7.24. The van der Waals surface area contributed by atoms with Crippen LogP contribution in [0.3, 0.4) is 0 Å². The van der Waals surface area contributed by atoms with E-state index in [4.69, 9.17) is 25.8 Å². The van der Waals surface area contributed by atoms with Crippen molar-refractivity contribution in [3.8, 4) is 28.8 Å². The molecule has 9 heteroatoms. The van der Waals surface area contributed by atoms with Crippen molar-refractivity contribution in [2.24, 2.45) is 0 Å². The van der Waals surface area contributed by atoms with E-state index in [2.05, 4.69) is 21.9 Å². The summed E-state index contributed by atoms with van der Waals surface area (Å²) in [6.45, 7) is 11.5. The molecule has 0 aliphatic carbocycles. The number of benzene rings is 1. The molecule has 1 aliphatic heterocycles. The van der Waals surface area contributed by atoms with Crippen LogP contribution >= 0.6 is 11.6 Å². The second kappa shape index (κ2) is 11.6. The van der Waals surface area contributed by atoms with Crippen molar-refractivity contribution in [2.75, 3.05) is 0 Å². The van der Waals surface area contributed by atoms with Gasteiger partial charge in [0.25, 0.3) is 0 Å². The molecule has 0 spiro atoms. The Morgan fingerprint density at radius 3 is 2.63 bits per heavy atom. The van der Waals surface area contributed by atoms with Gasteiger partial charge < -0.3 is 19.1 Å². The minimum Gasteiger partial charge on any atom is -0.474 e. The lowest BCUT2D eigenvalue weighted by Crippen LogP contribution is -2.44. The average molecular weight is 539 g/mol. The summed E-state index contributed by atoms with van der Waals surface area (Å²) in [5.41, 5.74) is 1.62. The maximum atomic E-state index is 12.9. The number of hydrogen-bond donors (Lipinski definition) is 0. The first kappa shape index (κ1) is 27.6. The number of halogens is 1. The van der Waals surface area contributed by atoms with Crippen molar-refractivity contribution in [1.29, 1.82) is 0 Å². The van der Waals surface area contributed by atoms with Gasteiger partial charge in [0.05, 0.1) is 11.7 Å². The van der Waals surface area contributed by atoms with E-state index in [1.807, 2.05) is 69.9 Å². The van der Waals surface area contributed by atoms with Crippen LogP contribution in [0.25, 0.3) is 11.3 Å². The van der Waals surface area contributed by atoms with E-state index in [0.717, 1.165) is 18.4 Å². The normalized spacial score (nSPS) is 18.2. The van der Waals surface area contributed by atoms with Crippen LogP contribution in [0.2, 0.25) is 5.02 Å². The molecule has 1 amide bonds. The van der Waals surface area contributed by atoms with Crippen LogP contribution < -0.4 is 9.47 Å². The first-order valence-corrected chi connectivity index (χ1v) is 13.3. The van der Waals surface area contributed by atoms with Gasteiger partial charge in [0.2, 0.25) is 11.8 Å². The number of amides is 1. The van der Waals surface area contributed by atoms with Gasteiger partial charge in [-0.2, -0.15) is 0 Å². The maximum absolute atomic E-state index is 12.9. The van der Waals surface area contributed by atoms with Crippen LogP contribution in [0, 0.1) is 6.92 Å². The first-order valence-electron chi connectivity index (χ1n) is 12.9. The monoisotopic (exact) mass is 538 g/mol. The summed E-state index contributed by atoms with van der Waals surface area (Å²) in [5.74, 6) is 1.36. The average Bonchev–Trinajstić information content (AvgIpc) is 3.20. The summed E-state index contributed by atoms with van der Waals surface area (Å²) in [5, 5.41) is 0.615. The Balaban J connectivity index is 1.47. The van der Waals surface area contributed by atoms with E-state index in [-0.39, 0.29) is 24.3 Å². The Hall–Kier alpha value is -3.39. The van der Waals surface area contributed by atoms with Crippen molar-refractivity contribution in [3.63, 3.8) is 0 Å². The lowest BCUT2D eigenvalue weighted by Gasteiger charge is -2.32. The fourth-order valence-corrected chi connectivity index (χ4v) is 4.83. The smallest absolute Gasteiger partial charge is 0.410 e. The Morgan fingerprint density at radius 2 is 1.89 bits per heavy atom. The van der Waals surface area contributed by atoms with E-state index < -0.39 is 5.60 Å². The molecular formula is C29H35ClN4O4. The van der Waals surface area contributed by atoms with Crippen LogP contribution in [0.5, 0.6) is 17.5 Å². The molecule has 0 saturated carbocycles. The summed E-state index contributed by atoms with van der Waals surface area (Å²) >= 11 is 6.19. The standard InChI is InChI=1S/C29H35ClN4O4/c1-18-12-13-23(34(18)28(35)38-29(4,5)6)15-19(2)36-26-20(3)27(33-17-32-26)37-24-11-8-14-31-25(24)21-9-7-10-22(30)16-21/h7-11,14,16-19,23H,12-13,15H2,1-6H3/t18?,19-,23?/m0/s1. The predicted molar refractivity (Wildman–Crippen MR) is 147 cm³/mol. The number of carbonyl (C=O) groups is 1. The first-order chi connectivity index (χ1) is 18.0.